The molecule has 1 aliphatic heterocycles. The molecule has 0 fully saturated rings. The van der Waals surface area contributed by atoms with Crippen LogP contribution < -0.4 is 5.32 Å². The number of hydroxylamine groups is 2. The molecule has 15 heteroatoms. The third-order valence-corrected chi connectivity index (χ3v) is 8.56. The summed E-state index contributed by atoms with van der Waals surface area (Å²) in [7, 11) is -4.26. The van der Waals surface area contributed by atoms with E-state index in [-0.39, 0.29) is 64.1 Å². The fraction of sp³-hybridized carbons (Fsp3) is 0.393. The first-order valence-electron chi connectivity index (χ1n) is 13.7. The van der Waals surface area contributed by atoms with Crippen molar-refractivity contribution < 1.29 is 37.7 Å². The van der Waals surface area contributed by atoms with E-state index in [0.717, 1.165) is 20.3 Å². The van der Waals surface area contributed by atoms with Gasteiger partial charge in [0.2, 0.25) is 10.0 Å². The van der Waals surface area contributed by atoms with Gasteiger partial charge in [0.15, 0.2) is 4.90 Å². The molecule has 14 nitrogen and oxygen atoms in total. The molecule has 232 valence electrons. The first-order chi connectivity index (χ1) is 20.6. The fourth-order valence-electron chi connectivity index (χ4n) is 4.50. The van der Waals surface area contributed by atoms with Crippen LogP contribution in [0.5, 0.6) is 0 Å². The fourth-order valence-corrected chi connectivity index (χ4v) is 6.17. The number of alkyl carbamates (subject to hydrolysis) is 1. The average molecular weight is 618 g/mol. The molecule has 2 aromatic carbocycles. The first kappa shape index (κ1) is 33.3. The Morgan fingerprint density at radius 1 is 0.977 bits per heavy atom. The number of ether oxygens (including phenoxy) is 1. The lowest BCUT2D eigenvalue weighted by Crippen LogP contribution is -2.36. The summed E-state index contributed by atoms with van der Waals surface area (Å²) in [6.45, 7) is 4.07. The van der Waals surface area contributed by atoms with E-state index in [9.17, 15) is 38.1 Å². The highest BCUT2D eigenvalue weighted by molar-refractivity contribution is 7.89. The number of benzene rings is 2. The predicted octanol–water partition coefficient (Wildman–Crippen LogP) is 3.05. The summed E-state index contributed by atoms with van der Waals surface area (Å²) in [6.07, 6.45) is 1.99. The summed E-state index contributed by atoms with van der Waals surface area (Å²) in [4.78, 5) is 48.0. The molecular formula is C28H35N5O9S. The third-order valence-electron chi connectivity index (χ3n) is 6.62. The third kappa shape index (κ3) is 8.90. The number of unbranched alkanes of at least 4 members (excludes halogenated alkanes) is 1. The number of rotatable bonds is 18. The van der Waals surface area contributed by atoms with Crippen LogP contribution in [-0.4, -0.2) is 96.6 Å². The number of hydrogen-bond donors (Lipinski definition) is 2. The average Bonchev–Trinajstić information content (AvgIpc) is 3.23. The van der Waals surface area contributed by atoms with Crippen LogP contribution in [0, 0.1) is 10.1 Å². The normalized spacial score (nSPS) is 13.0. The summed E-state index contributed by atoms with van der Waals surface area (Å²) in [5.41, 5.74) is 0.174. The molecule has 0 saturated carbocycles. The Hall–Kier alpha value is -4.18. The smallest absolute Gasteiger partial charge is 0.407 e. The second kappa shape index (κ2) is 15.9. The number of para-hydroxylation sites is 1. The van der Waals surface area contributed by atoms with E-state index in [1.54, 1.807) is 24.3 Å². The van der Waals surface area contributed by atoms with Crippen molar-refractivity contribution in [1.82, 2.24) is 19.6 Å². The first-order valence-corrected chi connectivity index (χ1v) is 15.2. The molecule has 0 spiro atoms. The van der Waals surface area contributed by atoms with Crippen LogP contribution in [0.4, 0.5) is 10.5 Å². The van der Waals surface area contributed by atoms with Gasteiger partial charge in [-0.05, 0) is 43.9 Å². The zero-order valence-corrected chi connectivity index (χ0v) is 24.4. The largest absolute Gasteiger partial charge is 0.445 e. The number of amides is 3. The lowest BCUT2D eigenvalue weighted by molar-refractivity contribution is -0.387. The summed E-state index contributed by atoms with van der Waals surface area (Å²) in [5, 5.41) is 25.3. The van der Waals surface area contributed by atoms with Crippen LogP contribution in [-0.2, 0) is 14.8 Å². The molecule has 0 aliphatic carbocycles. The Morgan fingerprint density at radius 3 is 2.21 bits per heavy atom. The number of nitrogens with zero attached hydrogens (tertiary/aromatic N) is 4. The van der Waals surface area contributed by atoms with Gasteiger partial charge in [0.1, 0.15) is 6.61 Å². The quantitative estimate of drug-likeness (QED) is 0.0830. The van der Waals surface area contributed by atoms with Crippen molar-refractivity contribution >= 4 is 33.6 Å². The van der Waals surface area contributed by atoms with Gasteiger partial charge in [-0.25, -0.2) is 13.2 Å². The maximum absolute atomic E-state index is 13.4. The highest BCUT2D eigenvalue weighted by atomic mass is 32.2. The van der Waals surface area contributed by atoms with Gasteiger partial charge in [-0.1, -0.05) is 36.9 Å². The van der Waals surface area contributed by atoms with Crippen LogP contribution in [0.25, 0.3) is 0 Å². The summed E-state index contributed by atoms with van der Waals surface area (Å²) in [5.74, 6) is -0.734. The van der Waals surface area contributed by atoms with E-state index >= 15 is 0 Å². The number of hydrogen-bond acceptors (Lipinski definition) is 10. The van der Waals surface area contributed by atoms with Crippen molar-refractivity contribution in [3.8, 4) is 0 Å². The molecule has 2 aromatic rings. The summed E-state index contributed by atoms with van der Waals surface area (Å²) in [6, 6.07) is 11.7. The van der Waals surface area contributed by atoms with Crippen LogP contribution in [0.15, 0.2) is 66.1 Å². The van der Waals surface area contributed by atoms with E-state index in [1.165, 1.54) is 24.3 Å². The molecule has 43 heavy (non-hydrogen) atoms. The van der Waals surface area contributed by atoms with Gasteiger partial charge in [-0.2, -0.15) is 9.37 Å². The Labute approximate surface area is 249 Å². The molecule has 0 saturated heterocycles. The number of sulfonamides is 1. The SMILES string of the molecule is C=CCOC(=O)NCCCN(CCCCN(O)CCCN1C(=O)c2ccccc2C1=O)S(=O)(=O)c1ccccc1[N+](=O)[O-]. The minimum atomic E-state index is -4.26. The zero-order chi connectivity index (χ0) is 31.4. The van der Waals surface area contributed by atoms with E-state index in [0.29, 0.717) is 30.4 Å². The number of nitro benzene ring substituents is 1. The van der Waals surface area contributed by atoms with Gasteiger partial charge < -0.3 is 15.3 Å². The Kier molecular flexibility index (Phi) is 12.3. The van der Waals surface area contributed by atoms with Crippen molar-refractivity contribution in [3.63, 3.8) is 0 Å². The van der Waals surface area contributed by atoms with E-state index < -0.39 is 31.6 Å². The number of carbonyl (C=O) groups is 3. The van der Waals surface area contributed by atoms with Crippen molar-refractivity contribution in [2.45, 2.75) is 30.6 Å². The topological polar surface area (TPSA) is 180 Å². The summed E-state index contributed by atoms with van der Waals surface area (Å²) < 4.78 is 32.8. The molecule has 2 N–H and O–H groups in total. The maximum Gasteiger partial charge on any atom is 0.407 e. The molecular weight excluding hydrogens is 582 g/mol. The van der Waals surface area contributed by atoms with Gasteiger partial charge in [0.25, 0.3) is 17.5 Å². The minimum absolute atomic E-state index is 0.0121. The molecule has 0 atom stereocenters. The molecule has 1 aliphatic rings. The number of nitrogens with one attached hydrogen (secondary N) is 1. The van der Waals surface area contributed by atoms with Gasteiger partial charge in [0, 0.05) is 45.3 Å². The van der Waals surface area contributed by atoms with Gasteiger partial charge >= 0.3 is 6.09 Å². The highest BCUT2D eigenvalue weighted by Gasteiger charge is 2.34. The van der Waals surface area contributed by atoms with Gasteiger partial charge in [-0.15, -0.1) is 0 Å². The number of carbonyl (C=O) groups excluding carboxylic acids is 3. The standard InChI is InChI=1S/C28H35N5O9S/c1-2-21-42-28(36)29-15-9-19-31(43(40,41)25-14-6-5-13-24(25)33(38)39)18-8-7-16-30(37)17-10-20-32-26(34)22-11-3-4-12-23(22)27(32)35/h2-6,11-14,37H,1,7-10,15-21H2,(H,29,36). The van der Waals surface area contributed by atoms with E-state index in [4.69, 9.17) is 4.74 Å². The van der Waals surface area contributed by atoms with Crippen LogP contribution in [0.1, 0.15) is 46.4 Å². The Bertz CT molecular complexity index is 1400. The maximum atomic E-state index is 13.4. The molecule has 0 radical (unpaired) electrons. The Morgan fingerprint density at radius 2 is 1.56 bits per heavy atom. The van der Waals surface area contributed by atoms with Gasteiger partial charge in [0.05, 0.1) is 16.1 Å². The molecule has 1 heterocycles. The number of nitro groups is 1. The van der Waals surface area contributed by atoms with Crippen LogP contribution in [0.3, 0.4) is 0 Å². The minimum Gasteiger partial charge on any atom is -0.445 e. The van der Waals surface area contributed by atoms with Crippen molar-refractivity contribution in [2.24, 2.45) is 0 Å². The van der Waals surface area contributed by atoms with Gasteiger partial charge in [-0.3, -0.25) is 24.6 Å². The van der Waals surface area contributed by atoms with Crippen LogP contribution in [0.2, 0.25) is 0 Å². The molecule has 0 aromatic heterocycles. The molecule has 3 amide bonds. The molecule has 3 rings (SSSR count). The van der Waals surface area contributed by atoms with Crippen molar-refractivity contribution in [2.75, 3.05) is 45.9 Å². The van der Waals surface area contributed by atoms with Crippen molar-refractivity contribution in [1.29, 1.82) is 0 Å². The van der Waals surface area contributed by atoms with E-state index in [1.807, 2.05) is 0 Å². The number of imide groups is 1. The predicted molar refractivity (Wildman–Crippen MR) is 155 cm³/mol. The zero-order valence-electron chi connectivity index (χ0n) is 23.6. The molecule has 0 bridgehead atoms. The second-order valence-corrected chi connectivity index (χ2v) is 11.5. The Balaban J connectivity index is 1.51. The number of fused-ring (bicyclic) bond motifs is 1. The highest BCUT2D eigenvalue weighted by Crippen LogP contribution is 2.27. The monoisotopic (exact) mass is 617 g/mol. The van der Waals surface area contributed by atoms with E-state index in [2.05, 4.69) is 11.9 Å². The lowest BCUT2D eigenvalue weighted by Gasteiger charge is -2.23. The lowest BCUT2D eigenvalue weighted by atomic mass is 10.1. The molecule has 0 unspecified atom stereocenters. The second-order valence-electron chi connectivity index (χ2n) is 9.62. The van der Waals surface area contributed by atoms with Crippen molar-refractivity contribution in [3.05, 3.63) is 82.4 Å². The summed E-state index contributed by atoms with van der Waals surface area (Å²) >= 11 is 0. The van der Waals surface area contributed by atoms with Crippen LogP contribution >= 0.6 is 0 Å².